The summed E-state index contributed by atoms with van der Waals surface area (Å²) in [5, 5.41) is 6.68. The summed E-state index contributed by atoms with van der Waals surface area (Å²) in [6, 6.07) is 0. The fourth-order valence-corrected chi connectivity index (χ4v) is 2.96. The monoisotopic (exact) mass is 324 g/mol. The predicted molar refractivity (Wildman–Crippen MR) is 97.0 cm³/mol. The smallest absolute Gasteiger partial charge is 0.191 e. The second-order valence-corrected chi connectivity index (χ2v) is 6.82. The van der Waals surface area contributed by atoms with Gasteiger partial charge in [-0.3, -0.25) is 4.99 Å². The van der Waals surface area contributed by atoms with E-state index in [-0.39, 0.29) is 0 Å². The van der Waals surface area contributed by atoms with Crippen molar-refractivity contribution >= 4 is 5.96 Å². The topological polar surface area (TPSA) is 48.9 Å². The molecular formula is C18H36N4O. The highest BCUT2D eigenvalue weighted by molar-refractivity contribution is 5.79. The normalized spacial score (nSPS) is 20.3. The van der Waals surface area contributed by atoms with Crippen molar-refractivity contribution in [2.24, 2.45) is 10.9 Å². The first-order chi connectivity index (χ1) is 11.4. The summed E-state index contributed by atoms with van der Waals surface area (Å²) >= 11 is 0. The van der Waals surface area contributed by atoms with Crippen molar-refractivity contribution in [2.45, 2.75) is 51.9 Å². The SMILES string of the molecule is CCNC(=NCCCN1CCCCCC1)NCCOCC1CC1. The van der Waals surface area contributed by atoms with Crippen molar-refractivity contribution in [3.63, 3.8) is 0 Å². The van der Waals surface area contributed by atoms with Crippen LogP contribution in [0.5, 0.6) is 0 Å². The quantitative estimate of drug-likeness (QED) is 0.368. The van der Waals surface area contributed by atoms with Crippen LogP contribution in [0.4, 0.5) is 0 Å². The Morgan fingerprint density at radius 3 is 2.61 bits per heavy atom. The van der Waals surface area contributed by atoms with Crippen LogP contribution in [-0.4, -0.2) is 63.3 Å². The minimum Gasteiger partial charge on any atom is -0.379 e. The lowest BCUT2D eigenvalue weighted by molar-refractivity contribution is 0.129. The molecule has 2 fully saturated rings. The maximum Gasteiger partial charge on any atom is 0.191 e. The van der Waals surface area contributed by atoms with E-state index in [0.717, 1.165) is 51.1 Å². The molecule has 0 bridgehead atoms. The van der Waals surface area contributed by atoms with Crippen molar-refractivity contribution in [3.8, 4) is 0 Å². The van der Waals surface area contributed by atoms with Crippen LogP contribution >= 0.6 is 0 Å². The van der Waals surface area contributed by atoms with Gasteiger partial charge in [0.2, 0.25) is 0 Å². The molecule has 1 aliphatic carbocycles. The number of hydrogen-bond acceptors (Lipinski definition) is 3. The number of nitrogens with zero attached hydrogens (tertiary/aromatic N) is 2. The largest absolute Gasteiger partial charge is 0.379 e. The molecule has 5 nitrogen and oxygen atoms in total. The van der Waals surface area contributed by atoms with Crippen molar-refractivity contribution in [3.05, 3.63) is 0 Å². The molecule has 2 N–H and O–H groups in total. The van der Waals surface area contributed by atoms with E-state index in [1.807, 2.05) is 0 Å². The molecule has 23 heavy (non-hydrogen) atoms. The summed E-state index contributed by atoms with van der Waals surface area (Å²) in [4.78, 5) is 7.28. The molecule has 1 heterocycles. The Morgan fingerprint density at radius 2 is 1.91 bits per heavy atom. The predicted octanol–water partition coefficient (Wildman–Crippen LogP) is 2.23. The average Bonchev–Trinajstić information content (AvgIpc) is 3.38. The van der Waals surface area contributed by atoms with Crippen LogP contribution in [0.2, 0.25) is 0 Å². The van der Waals surface area contributed by atoms with Gasteiger partial charge in [0, 0.05) is 26.2 Å². The standard InChI is InChI=1S/C18H36N4O/c1-2-19-18(21-11-15-23-16-17-8-9-17)20-10-7-14-22-12-5-3-4-6-13-22/h17H,2-16H2,1H3,(H2,19,20,21). The van der Waals surface area contributed by atoms with E-state index in [9.17, 15) is 0 Å². The van der Waals surface area contributed by atoms with Crippen molar-refractivity contribution in [1.82, 2.24) is 15.5 Å². The van der Waals surface area contributed by atoms with E-state index in [1.54, 1.807) is 0 Å². The van der Waals surface area contributed by atoms with Gasteiger partial charge in [0.15, 0.2) is 5.96 Å². The molecule has 134 valence electrons. The van der Waals surface area contributed by atoms with E-state index in [4.69, 9.17) is 4.74 Å². The zero-order valence-corrected chi connectivity index (χ0v) is 15.0. The third-order valence-electron chi connectivity index (χ3n) is 4.53. The Labute approximate surface area is 142 Å². The highest BCUT2D eigenvalue weighted by Gasteiger charge is 2.20. The maximum absolute atomic E-state index is 5.65. The van der Waals surface area contributed by atoms with Crippen LogP contribution in [-0.2, 0) is 4.74 Å². The van der Waals surface area contributed by atoms with Gasteiger partial charge >= 0.3 is 0 Å². The first-order valence-electron chi connectivity index (χ1n) is 9.70. The van der Waals surface area contributed by atoms with Crippen LogP contribution < -0.4 is 10.6 Å². The van der Waals surface area contributed by atoms with Gasteiger partial charge in [0.05, 0.1) is 6.61 Å². The van der Waals surface area contributed by atoms with Gasteiger partial charge < -0.3 is 20.3 Å². The van der Waals surface area contributed by atoms with E-state index in [1.165, 1.54) is 58.2 Å². The van der Waals surface area contributed by atoms with Gasteiger partial charge in [0.25, 0.3) is 0 Å². The molecule has 2 aliphatic rings. The molecule has 0 aromatic rings. The van der Waals surface area contributed by atoms with Crippen LogP contribution in [0, 0.1) is 5.92 Å². The number of guanidine groups is 1. The molecule has 1 saturated carbocycles. The zero-order valence-electron chi connectivity index (χ0n) is 15.0. The average molecular weight is 325 g/mol. The molecule has 0 radical (unpaired) electrons. The Kier molecular flexibility index (Phi) is 9.41. The lowest BCUT2D eigenvalue weighted by Gasteiger charge is -2.19. The van der Waals surface area contributed by atoms with Crippen molar-refractivity contribution < 1.29 is 4.74 Å². The summed E-state index contributed by atoms with van der Waals surface area (Å²) in [6.45, 7) is 10.2. The molecule has 0 unspecified atom stereocenters. The number of likely N-dealkylation sites (tertiary alicyclic amines) is 1. The Morgan fingerprint density at radius 1 is 1.13 bits per heavy atom. The summed E-state index contributed by atoms with van der Waals surface area (Å²) in [6.07, 6.45) is 9.42. The minimum atomic E-state index is 0.773. The Balaban J connectivity index is 1.54. The summed E-state index contributed by atoms with van der Waals surface area (Å²) in [5.41, 5.74) is 0. The lowest BCUT2D eigenvalue weighted by Crippen LogP contribution is -2.39. The zero-order chi connectivity index (χ0) is 16.2. The number of nitrogens with one attached hydrogen (secondary N) is 2. The first kappa shape index (κ1) is 18.5. The van der Waals surface area contributed by atoms with Crippen LogP contribution in [0.15, 0.2) is 4.99 Å². The molecule has 1 aliphatic heterocycles. The highest BCUT2D eigenvalue weighted by Crippen LogP contribution is 2.28. The first-order valence-corrected chi connectivity index (χ1v) is 9.70. The fraction of sp³-hybridized carbons (Fsp3) is 0.944. The highest BCUT2D eigenvalue weighted by atomic mass is 16.5. The molecule has 0 amide bonds. The molecule has 0 atom stereocenters. The number of ether oxygens (including phenoxy) is 1. The number of rotatable bonds is 10. The lowest BCUT2D eigenvalue weighted by atomic mass is 10.2. The van der Waals surface area contributed by atoms with Crippen LogP contribution in [0.3, 0.4) is 0 Å². The van der Waals surface area contributed by atoms with Gasteiger partial charge in [-0.25, -0.2) is 0 Å². The molecule has 0 aromatic carbocycles. The molecule has 0 aromatic heterocycles. The maximum atomic E-state index is 5.65. The Bertz CT molecular complexity index is 323. The summed E-state index contributed by atoms with van der Waals surface area (Å²) < 4.78 is 5.65. The second-order valence-electron chi connectivity index (χ2n) is 6.82. The molecule has 0 spiro atoms. The Hall–Kier alpha value is -0.810. The summed E-state index contributed by atoms with van der Waals surface area (Å²) in [5.74, 6) is 1.77. The van der Waals surface area contributed by atoms with Gasteiger partial charge in [-0.2, -0.15) is 0 Å². The minimum absolute atomic E-state index is 0.773. The van der Waals surface area contributed by atoms with Gasteiger partial charge in [-0.15, -0.1) is 0 Å². The van der Waals surface area contributed by atoms with Gasteiger partial charge in [-0.05, 0) is 64.6 Å². The van der Waals surface area contributed by atoms with E-state index in [0.29, 0.717) is 0 Å². The number of aliphatic imine (C=N–C) groups is 1. The van der Waals surface area contributed by atoms with Crippen molar-refractivity contribution in [1.29, 1.82) is 0 Å². The molecule has 2 rings (SSSR count). The van der Waals surface area contributed by atoms with Gasteiger partial charge in [-0.1, -0.05) is 12.8 Å². The molecule has 1 saturated heterocycles. The van der Waals surface area contributed by atoms with Gasteiger partial charge in [0.1, 0.15) is 0 Å². The number of hydrogen-bond donors (Lipinski definition) is 2. The third-order valence-corrected chi connectivity index (χ3v) is 4.53. The van der Waals surface area contributed by atoms with E-state index in [2.05, 4.69) is 27.4 Å². The summed E-state index contributed by atoms with van der Waals surface area (Å²) in [7, 11) is 0. The van der Waals surface area contributed by atoms with Crippen LogP contribution in [0.1, 0.15) is 51.9 Å². The van der Waals surface area contributed by atoms with E-state index >= 15 is 0 Å². The third kappa shape index (κ3) is 9.16. The van der Waals surface area contributed by atoms with Crippen molar-refractivity contribution in [2.75, 3.05) is 52.5 Å². The molecule has 5 heteroatoms. The van der Waals surface area contributed by atoms with Crippen LogP contribution in [0.25, 0.3) is 0 Å². The fourth-order valence-electron chi connectivity index (χ4n) is 2.96. The molecular weight excluding hydrogens is 288 g/mol. The second kappa shape index (κ2) is 11.7. The van der Waals surface area contributed by atoms with E-state index < -0.39 is 0 Å².